The third kappa shape index (κ3) is 11.8. The molecule has 2 aromatic rings. The van der Waals surface area contributed by atoms with Gasteiger partial charge in [-0.3, -0.25) is 14.5 Å². The van der Waals surface area contributed by atoms with Crippen LogP contribution in [0.2, 0.25) is 0 Å². The summed E-state index contributed by atoms with van der Waals surface area (Å²) in [7, 11) is 0. The van der Waals surface area contributed by atoms with Crippen LogP contribution in [0, 0.1) is 11.8 Å². The van der Waals surface area contributed by atoms with Crippen molar-refractivity contribution in [3.05, 3.63) is 59.7 Å². The number of hydrogen-bond donors (Lipinski definition) is 1. The zero-order valence-electron chi connectivity index (χ0n) is 26.5. The number of rotatable bonds is 8. The Balaban J connectivity index is 0.000000292. The van der Waals surface area contributed by atoms with E-state index in [-0.39, 0.29) is 35.8 Å². The summed E-state index contributed by atoms with van der Waals surface area (Å²) in [5, 5.41) is 3.37. The lowest BCUT2D eigenvalue weighted by molar-refractivity contribution is -0.141. The first-order chi connectivity index (χ1) is 18.1. The summed E-state index contributed by atoms with van der Waals surface area (Å²) in [4.78, 5) is 24.5. The van der Waals surface area contributed by atoms with Crippen LogP contribution in [0.15, 0.2) is 48.5 Å². The van der Waals surface area contributed by atoms with Crippen LogP contribution < -0.4 is 10.1 Å². The average Bonchev–Trinajstić information content (AvgIpc) is 3.14. The minimum absolute atomic E-state index is 0.00347. The van der Waals surface area contributed by atoms with Crippen LogP contribution in [0.3, 0.4) is 0 Å². The van der Waals surface area contributed by atoms with Gasteiger partial charge in [0.05, 0.1) is 6.10 Å². The van der Waals surface area contributed by atoms with Crippen molar-refractivity contribution in [2.45, 2.75) is 120 Å². The van der Waals surface area contributed by atoms with Crippen LogP contribution in [0.5, 0.6) is 5.75 Å². The van der Waals surface area contributed by atoms with Gasteiger partial charge < -0.3 is 10.1 Å². The quantitative estimate of drug-likeness (QED) is 0.342. The maximum atomic E-state index is 11.7. The number of amides is 2. The summed E-state index contributed by atoms with van der Waals surface area (Å²) >= 11 is 0. The Kier molecular flexibility index (Phi) is 14.3. The van der Waals surface area contributed by atoms with Gasteiger partial charge in [-0.15, -0.1) is 0 Å². The number of hydrogen-bond acceptors (Lipinski definition) is 4. The normalized spacial score (nSPS) is 15.2. The highest BCUT2D eigenvalue weighted by molar-refractivity contribution is 6.03. The van der Waals surface area contributed by atoms with Crippen LogP contribution in [0.1, 0.15) is 112 Å². The molecule has 0 saturated carbocycles. The van der Waals surface area contributed by atoms with Crippen molar-refractivity contribution in [1.82, 2.24) is 4.90 Å². The zero-order chi connectivity index (χ0) is 29.9. The Bertz CT molecular complexity index is 933. The molecule has 0 aliphatic carbocycles. The zero-order valence-corrected chi connectivity index (χ0v) is 26.5. The molecule has 0 spiro atoms. The largest absolute Gasteiger partial charge is 0.491 e. The number of carbonyl (C=O) groups excluding carboxylic acids is 2. The number of nitrogens with zero attached hydrogens (tertiary/aromatic N) is 1. The standard InChI is InChI=1S/C12H19N.C12H18O.C10H17NO2/c2*1-9(2)11-5-7-12(8-6-11)13-10(3)4;1-6(2)8-5-9(12)11(7(3)4)10(8)13/h5-10,13H,1-4H3;5-10H,1-4H3;6-8H,5H2,1-4H3. The van der Waals surface area contributed by atoms with Gasteiger partial charge in [0.2, 0.25) is 11.8 Å². The van der Waals surface area contributed by atoms with Gasteiger partial charge in [-0.25, -0.2) is 0 Å². The van der Waals surface area contributed by atoms with Crippen LogP contribution in [-0.4, -0.2) is 34.9 Å². The summed E-state index contributed by atoms with van der Waals surface area (Å²) in [5.41, 5.74) is 3.96. The lowest BCUT2D eigenvalue weighted by atomic mass is 9.94. The topological polar surface area (TPSA) is 58.6 Å². The number of benzene rings is 2. The van der Waals surface area contributed by atoms with Crippen molar-refractivity contribution < 1.29 is 14.3 Å². The van der Waals surface area contributed by atoms with Crippen LogP contribution in [0.25, 0.3) is 0 Å². The van der Waals surface area contributed by atoms with E-state index < -0.39 is 0 Å². The number of anilines is 1. The van der Waals surface area contributed by atoms with Crippen LogP contribution in [0.4, 0.5) is 5.69 Å². The summed E-state index contributed by atoms with van der Waals surface area (Å²) in [6, 6.07) is 17.5. The predicted molar refractivity (Wildman–Crippen MR) is 166 cm³/mol. The molecule has 0 aromatic heterocycles. The Labute approximate surface area is 238 Å². The lowest BCUT2D eigenvalue weighted by Gasteiger charge is -2.19. The van der Waals surface area contributed by atoms with E-state index in [1.165, 1.54) is 21.7 Å². The summed E-state index contributed by atoms with van der Waals surface area (Å²) in [6.45, 7) is 24.9. The molecule has 1 atom stereocenters. The molecule has 39 heavy (non-hydrogen) atoms. The molecule has 1 saturated heterocycles. The third-order valence-electron chi connectivity index (χ3n) is 6.49. The number of carbonyl (C=O) groups is 2. The van der Waals surface area contributed by atoms with Crippen molar-refractivity contribution in [1.29, 1.82) is 0 Å². The fourth-order valence-corrected chi connectivity index (χ4v) is 4.24. The third-order valence-corrected chi connectivity index (χ3v) is 6.49. The Morgan fingerprint density at radius 2 is 1.18 bits per heavy atom. The molecule has 3 rings (SSSR count). The van der Waals surface area contributed by atoms with E-state index >= 15 is 0 Å². The van der Waals surface area contributed by atoms with Gasteiger partial charge in [0.25, 0.3) is 0 Å². The van der Waals surface area contributed by atoms with Gasteiger partial charge in [0, 0.05) is 30.1 Å². The molecule has 1 fully saturated rings. The second kappa shape index (κ2) is 16.3. The lowest BCUT2D eigenvalue weighted by Crippen LogP contribution is -2.37. The highest BCUT2D eigenvalue weighted by Crippen LogP contribution is 2.27. The molecular formula is C34H54N2O3. The van der Waals surface area contributed by atoms with E-state index in [2.05, 4.69) is 83.3 Å². The summed E-state index contributed by atoms with van der Waals surface area (Å²) in [5.74, 6) is 2.34. The maximum absolute atomic E-state index is 11.7. The molecule has 1 aliphatic heterocycles. The van der Waals surface area contributed by atoms with Gasteiger partial charge in [0.15, 0.2) is 0 Å². The first-order valence-electron chi connectivity index (χ1n) is 14.6. The van der Waals surface area contributed by atoms with Crippen LogP contribution >= 0.6 is 0 Å². The van der Waals surface area contributed by atoms with E-state index in [0.29, 0.717) is 24.3 Å². The molecular weight excluding hydrogens is 484 g/mol. The van der Waals surface area contributed by atoms with Gasteiger partial charge in [0.1, 0.15) is 5.75 Å². The summed E-state index contributed by atoms with van der Waals surface area (Å²) < 4.78 is 5.55. The molecule has 2 aromatic carbocycles. The van der Waals surface area contributed by atoms with Crippen molar-refractivity contribution >= 4 is 17.5 Å². The monoisotopic (exact) mass is 538 g/mol. The number of imide groups is 1. The highest BCUT2D eigenvalue weighted by atomic mass is 16.5. The van der Waals surface area contributed by atoms with Crippen molar-refractivity contribution in [2.75, 3.05) is 5.32 Å². The first kappa shape index (κ1) is 34.2. The van der Waals surface area contributed by atoms with Crippen molar-refractivity contribution in [2.24, 2.45) is 11.8 Å². The Morgan fingerprint density at radius 1 is 0.718 bits per heavy atom. The van der Waals surface area contributed by atoms with Crippen LogP contribution in [-0.2, 0) is 9.59 Å². The van der Waals surface area contributed by atoms with Gasteiger partial charge in [-0.2, -0.15) is 0 Å². The molecule has 1 aliphatic rings. The summed E-state index contributed by atoms with van der Waals surface area (Å²) in [6.07, 6.45) is 0.652. The van der Waals surface area contributed by atoms with E-state index in [1.807, 2.05) is 53.7 Å². The van der Waals surface area contributed by atoms with Gasteiger partial charge >= 0.3 is 0 Å². The minimum atomic E-state index is -0.0881. The molecule has 5 nitrogen and oxygen atoms in total. The molecule has 0 radical (unpaired) electrons. The second-order valence-electron chi connectivity index (χ2n) is 12.2. The molecule has 1 heterocycles. The van der Waals surface area contributed by atoms with E-state index in [9.17, 15) is 9.59 Å². The first-order valence-corrected chi connectivity index (χ1v) is 14.6. The molecule has 218 valence electrons. The van der Waals surface area contributed by atoms with E-state index in [0.717, 1.165) is 5.75 Å². The second-order valence-corrected chi connectivity index (χ2v) is 12.2. The molecule has 2 amide bonds. The molecule has 1 unspecified atom stereocenters. The van der Waals surface area contributed by atoms with E-state index in [1.54, 1.807) is 0 Å². The fourth-order valence-electron chi connectivity index (χ4n) is 4.24. The fraction of sp³-hybridized carbons (Fsp3) is 0.588. The Hall–Kier alpha value is -2.82. The smallest absolute Gasteiger partial charge is 0.233 e. The van der Waals surface area contributed by atoms with Crippen molar-refractivity contribution in [3.8, 4) is 5.75 Å². The van der Waals surface area contributed by atoms with E-state index in [4.69, 9.17) is 4.74 Å². The predicted octanol–water partition coefficient (Wildman–Crippen LogP) is 8.65. The number of likely N-dealkylation sites (tertiary alicyclic amines) is 1. The molecule has 5 heteroatoms. The highest BCUT2D eigenvalue weighted by Gasteiger charge is 2.40. The number of ether oxygens (including phenoxy) is 1. The Morgan fingerprint density at radius 3 is 1.49 bits per heavy atom. The van der Waals surface area contributed by atoms with Gasteiger partial charge in [-0.1, -0.05) is 65.8 Å². The maximum Gasteiger partial charge on any atom is 0.233 e. The minimum Gasteiger partial charge on any atom is -0.491 e. The molecule has 0 bridgehead atoms. The molecule has 1 N–H and O–H groups in total. The van der Waals surface area contributed by atoms with Crippen molar-refractivity contribution in [3.63, 3.8) is 0 Å². The average molecular weight is 539 g/mol. The van der Waals surface area contributed by atoms with Gasteiger partial charge in [-0.05, 0) is 94.7 Å². The number of nitrogens with one attached hydrogen (secondary N) is 1. The SMILES string of the molecule is CC(C)C1CC(=O)N(C(C)C)C1=O.CC(C)Nc1ccc(C(C)C)cc1.CC(C)Oc1ccc(C(C)C)cc1.